The smallest absolute Gasteiger partial charge is 0.241 e. The van der Waals surface area contributed by atoms with Gasteiger partial charge in [-0.05, 0) is 60.6 Å². The Kier molecular flexibility index (Phi) is 6.60. The molecule has 1 aliphatic heterocycles. The lowest BCUT2D eigenvalue weighted by molar-refractivity contribution is -0.117. The van der Waals surface area contributed by atoms with Gasteiger partial charge >= 0.3 is 0 Å². The number of aryl methyl sites for hydroxylation is 2. The van der Waals surface area contributed by atoms with Gasteiger partial charge < -0.3 is 15.4 Å². The highest BCUT2D eigenvalue weighted by molar-refractivity contribution is 5.94. The molecule has 1 atom stereocenters. The number of hydrogen-bond acceptors (Lipinski definition) is 4. The summed E-state index contributed by atoms with van der Waals surface area (Å²) in [4.78, 5) is 15.1. The van der Waals surface area contributed by atoms with Crippen LogP contribution >= 0.6 is 0 Å². The topological polar surface area (TPSA) is 53.6 Å². The van der Waals surface area contributed by atoms with E-state index in [1.54, 1.807) is 0 Å². The average Bonchev–Trinajstić information content (AvgIpc) is 3.21. The molecule has 5 nitrogen and oxygen atoms in total. The first-order valence-electron chi connectivity index (χ1n) is 10.7. The summed E-state index contributed by atoms with van der Waals surface area (Å²) >= 11 is 0. The molecule has 1 heterocycles. The first-order valence-corrected chi connectivity index (χ1v) is 10.7. The largest absolute Gasteiger partial charge is 0.379 e. The highest BCUT2D eigenvalue weighted by Crippen LogP contribution is 2.25. The molecule has 154 valence electrons. The molecule has 0 spiro atoms. The Labute approximate surface area is 173 Å². The van der Waals surface area contributed by atoms with Crippen molar-refractivity contribution in [1.82, 2.24) is 10.2 Å². The number of anilines is 1. The van der Waals surface area contributed by atoms with E-state index < -0.39 is 0 Å². The van der Waals surface area contributed by atoms with E-state index >= 15 is 0 Å². The lowest BCUT2D eigenvalue weighted by Gasteiger charge is -2.27. The third-order valence-corrected chi connectivity index (χ3v) is 5.97. The molecule has 0 saturated carbocycles. The van der Waals surface area contributed by atoms with Crippen molar-refractivity contribution in [2.24, 2.45) is 0 Å². The summed E-state index contributed by atoms with van der Waals surface area (Å²) in [6.45, 7) is 7.09. The zero-order valence-electron chi connectivity index (χ0n) is 17.2. The van der Waals surface area contributed by atoms with Crippen LogP contribution in [-0.4, -0.2) is 43.2 Å². The van der Waals surface area contributed by atoms with Gasteiger partial charge in [0.2, 0.25) is 5.91 Å². The van der Waals surface area contributed by atoms with Crippen LogP contribution in [0.2, 0.25) is 0 Å². The van der Waals surface area contributed by atoms with E-state index in [0.29, 0.717) is 6.54 Å². The molecule has 0 aromatic heterocycles. The number of carbonyl (C=O) groups excluding carboxylic acids is 1. The summed E-state index contributed by atoms with van der Waals surface area (Å²) in [7, 11) is 0. The van der Waals surface area contributed by atoms with Gasteiger partial charge in [-0.3, -0.25) is 9.69 Å². The van der Waals surface area contributed by atoms with E-state index in [0.717, 1.165) is 51.4 Å². The lowest BCUT2D eigenvalue weighted by Crippen LogP contribution is -2.38. The van der Waals surface area contributed by atoms with E-state index in [4.69, 9.17) is 4.74 Å². The van der Waals surface area contributed by atoms with Crippen molar-refractivity contribution in [2.75, 3.05) is 31.6 Å². The molecule has 0 unspecified atom stereocenters. The van der Waals surface area contributed by atoms with Crippen LogP contribution in [0.3, 0.4) is 0 Å². The van der Waals surface area contributed by atoms with Crippen molar-refractivity contribution < 1.29 is 9.53 Å². The van der Waals surface area contributed by atoms with Gasteiger partial charge in [0.1, 0.15) is 0 Å². The normalized spacial score (nSPS) is 17.7. The minimum absolute atomic E-state index is 0.00797. The molecule has 2 N–H and O–H groups in total. The number of hydrogen-bond donors (Lipinski definition) is 2. The molecule has 2 aromatic rings. The van der Waals surface area contributed by atoms with Crippen molar-refractivity contribution in [2.45, 2.75) is 45.3 Å². The Morgan fingerprint density at radius 2 is 1.83 bits per heavy atom. The fourth-order valence-electron chi connectivity index (χ4n) is 4.14. The SMILES string of the molecule is C[C@H](NCc1ccccc1CN1CCOCC1)C(=O)Nc1ccc2c(c1)CCC2. The van der Waals surface area contributed by atoms with Crippen LogP contribution in [0.25, 0.3) is 0 Å². The van der Waals surface area contributed by atoms with Gasteiger partial charge in [0.15, 0.2) is 0 Å². The number of ether oxygens (including phenoxy) is 1. The molecule has 4 rings (SSSR count). The highest BCUT2D eigenvalue weighted by Gasteiger charge is 2.17. The Morgan fingerprint density at radius 1 is 1.07 bits per heavy atom. The summed E-state index contributed by atoms with van der Waals surface area (Å²) in [5.74, 6) is 0.00797. The predicted octanol–water partition coefficient (Wildman–Crippen LogP) is 3.12. The Bertz CT molecular complexity index is 846. The molecule has 1 amide bonds. The maximum atomic E-state index is 12.6. The molecule has 1 fully saturated rings. The quantitative estimate of drug-likeness (QED) is 0.759. The standard InChI is InChI=1S/C24H31N3O2/c1-18(24(28)26-23-10-9-19-7-4-8-20(19)15-23)25-16-21-5-2-3-6-22(21)17-27-11-13-29-14-12-27/h2-3,5-6,9-10,15,18,25H,4,7-8,11-14,16-17H2,1H3,(H,26,28)/t18-/m0/s1. The Balaban J connectivity index is 1.32. The van der Waals surface area contributed by atoms with Crippen molar-refractivity contribution in [3.63, 3.8) is 0 Å². The number of amides is 1. The van der Waals surface area contributed by atoms with Gasteiger partial charge in [-0.25, -0.2) is 0 Å². The monoisotopic (exact) mass is 393 g/mol. The number of carbonyl (C=O) groups is 1. The predicted molar refractivity (Wildman–Crippen MR) is 116 cm³/mol. The number of rotatable bonds is 7. The van der Waals surface area contributed by atoms with Crippen molar-refractivity contribution in [3.8, 4) is 0 Å². The summed E-state index contributed by atoms with van der Waals surface area (Å²) in [5, 5.41) is 6.46. The summed E-state index contributed by atoms with van der Waals surface area (Å²) in [6.07, 6.45) is 3.49. The summed E-state index contributed by atoms with van der Waals surface area (Å²) < 4.78 is 5.45. The number of fused-ring (bicyclic) bond motifs is 1. The zero-order valence-corrected chi connectivity index (χ0v) is 17.2. The molecule has 1 aliphatic carbocycles. The lowest BCUT2D eigenvalue weighted by atomic mass is 10.1. The van der Waals surface area contributed by atoms with Crippen molar-refractivity contribution in [3.05, 3.63) is 64.7 Å². The molecule has 2 aliphatic rings. The molecule has 0 radical (unpaired) electrons. The van der Waals surface area contributed by atoms with Crippen LogP contribution in [-0.2, 0) is 35.5 Å². The first kappa shape index (κ1) is 20.1. The van der Waals surface area contributed by atoms with Crippen LogP contribution < -0.4 is 10.6 Å². The summed E-state index contributed by atoms with van der Waals surface area (Å²) in [6, 6.07) is 14.5. The first-order chi connectivity index (χ1) is 14.2. The molecule has 1 saturated heterocycles. The highest BCUT2D eigenvalue weighted by atomic mass is 16.5. The fraction of sp³-hybridized carbons (Fsp3) is 0.458. The maximum Gasteiger partial charge on any atom is 0.241 e. The van der Waals surface area contributed by atoms with E-state index in [-0.39, 0.29) is 11.9 Å². The van der Waals surface area contributed by atoms with Crippen molar-refractivity contribution >= 4 is 11.6 Å². The van der Waals surface area contributed by atoms with Crippen molar-refractivity contribution in [1.29, 1.82) is 0 Å². The van der Waals surface area contributed by atoms with Gasteiger partial charge in [-0.15, -0.1) is 0 Å². The number of nitrogens with zero attached hydrogens (tertiary/aromatic N) is 1. The molecule has 0 bridgehead atoms. The summed E-state index contributed by atoms with van der Waals surface area (Å²) in [5.41, 5.74) is 6.26. The molecular formula is C24H31N3O2. The Morgan fingerprint density at radius 3 is 2.66 bits per heavy atom. The van der Waals surface area contributed by atoms with Gasteiger partial charge in [0.25, 0.3) is 0 Å². The average molecular weight is 394 g/mol. The van der Waals surface area contributed by atoms with Gasteiger partial charge in [-0.2, -0.15) is 0 Å². The molecule has 29 heavy (non-hydrogen) atoms. The third-order valence-electron chi connectivity index (χ3n) is 5.97. The van der Waals surface area contributed by atoms with Gasteiger partial charge in [-0.1, -0.05) is 30.3 Å². The third kappa shape index (κ3) is 5.24. The Hall–Kier alpha value is -2.21. The van der Waals surface area contributed by atoms with Crippen LogP contribution in [0.1, 0.15) is 35.6 Å². The van der Waals surface area contributed by atoms with Crippen LogP contribution in [0.4, 0.5) is 5.69 Å². The van der Waals surface area contributed by atoms with E-state index in [1.165, 1.54) is 28.7 Å². The maximum absolute atomic E-state index is 12.6. The van der Waals surface area contributed by atoms with E-state index in [9.17, 15) is 4.79 Å². The zero-order chi connectivity index (χ0) is 20.1. The second kappa shape index (κ2) is 9.53. The second-order valence-electron chi connectivity index (χ2n) is 8.09. The van der Waals surface area contributed by atoms with E-state index in [2.05, 4.69) is 51.9 Å². The molecule has 5 heteroatoms. The van der Waals surface area contributed by atoms with Crippen LogP contribution in [0.5, 0.6) is 0 Å². The fourth-order valence-corrected chi connectivity index (χ4v) is 4.14. The number of nitrogens with one attached hydrogen (secondary N) is 2. The minimum atomic E-state index is -0.264. The molecular weight excluding hydrogens is 362 g/mol. The number of morpholine rings is 1. The van der Waals surface area contributed by atoms with Gasteiger partial charge in [0, 0.05) is 31.9 Å². The van der Waals surface area contributed by atoms with Gasteiger partial charge in [0.05, 0.1) is 19.3 Å². The van der Waals surface area contributed by atoms with Crippen LogP contribution in [0.15, 0.2) is 42.5 Å². The minimum Gasteiger partial charge on any atom is -0.379 e. The van der Waals surface area contributed by atoms with E-state index in [1.807, 2.05) is 13.0 Å². The molecule has 2 aromatic carbocycles. The van der Waals surface area contributed by atoms with Crippen LogP contribution in [0, 0.1) is 0 Å². The second-order valence-corrected chi connectivity index (χ2v) is 8.09. The number of benzene rings is 2.